The second kappa shape index (κ2) is 7.27. The highest BCUT2D eigenvalue weighted by molar-refractivity contribution is 7.87. The lowest BCUT2D eigenvalue weighted by Crippen LogP contribution is -2.09. The van der Waals surface area contributed by atoms with Gasteiger partial charge in [-0.05, 0) is 56.0 Å². The fraction of sp³-hybridized carbons (Fsp3) is 0.222. The first kappa shape index (κ1) is 16.3. The highest BCUT2D eigenvalue weighted by Gasteiger charge is 2.16. The van der Waals surface area contributed by atoms with Crippen LogP contribution in [0, 0.1) is 6.92 Å². The maximum atomic E-state index is 12.2. The molecule has 0 radical (unpaired) electrons. The maximum absolute atomic E-state index is 12.2. The Morgan fingerprint density at radius 1 is 1.05 bits per heavy atom. The monoisotopic (exact) mass is 316 g/mol. The first-order chi connectivity index (χ1) is 10.5. The molecule has 2 rings (SSSR count). The molecule has 0 atom stereocenters. The van der Waals surface area contributed by atoms with E-state index in [0.717, 1.165) is 30.4 Å². The molecule has 0 fully saturated rings. The zero-order valence-corrected chi connectivity index (χ0v) is 13.5. The SMILES string of the molecule is C=CCCCc1ccc(OS(=O)(=O)c2ccc(C)cc2)cc1. The number of hydrogen-bond acceptors (Lipinski definition) is 3. The molecule has 0 unspecified atom stereocenters. The summed E-state index contributed by atoms with van der Waals surface area (Å²) in [6.07, 6.45) is 4.84. The molecule has 0 aliphatic heterocycles. The molecule has 2 aromatic rings. The van der Waals surface area contributed by atoms with Gasteiger partial charge in [-0.15, -0.1) is 6.58 Å². The van der Waals surface area contributed by atoms with Gasteiger partial charge in [-0.3, -0.25) is 0 Å². The summed E-state index contributed by atoms with van der Waals surface area (Å²) in [7, 11) is -3.78. The third kappa shape index (κ3) is 4.46. The smallest absolute Gasteiger partial charge is 0.339 e. The van der Waals surface area contributed by atoms with Crippen LogP contribution in [0.4, 0.5) is 0 Å². The summed E-state index contributed by atoms with van der Waals surface area (Å²) in [5.41, 5.74) is 2.16. The summed E-state index contributed by atoms with van der Waals surface area (Å²) >= 11 is 0. The van der Waals surface area contributed by atoms with E-state index in [2.05, 4.69) is 6.58 Å². The van der Waals surface area contributed by atoms with E-state index in [4.69, 9.17) is 4.18 Å². The van der Waals surface area contributed by atoms with Crippen LogP contribution < -0.4 is 4.18 Å². The lowest BCUT2D eigenvalue weighted by molar-refractivity contribution is 0.486. The van der Waals surface area contributed by atoms with E-state index in [0.29, 0.717) is 5.75 Å². The number of allylic oxidation sites excluding steroid dienone is 1. The van der Waals surface area contributed by atoms with E-state index in [1.54, 1.807) is 36.4 Å². The second-order valence-corrected chi connectivity index (χ2v) is 6.72. The van der Waals surface area contributed by atoms with Crippen LogP contribution in [0.15, 0.2) is 66.1 Å². The molecular formula is C18H20O3S. The summed E-state index contributed by atoms with van der Waals surface area (Å²) in [4.78, 5) is 0.160. The molecule has 0 aliphatic rings. The molecule has 0 bridgehead atoms. The molecular weight excluding hydrogens is 296 g/mol. The molecule has 4 heteroatoms. The Balaban J connectivity index is 2.06. The Morgan fingerprint density at radius 2 is 1.68 bits per heavy atom. The summed E-state index contributed by atoms with van der Waals surface area (Å²) in [6, 6.07) is 13.8. The average Bonchev–Trinajstić information content (AvgIpc) is 2.49. The first-order valence-corrected chi connectivity index (χ1v) is 8.63. The molecule has 0 saturated carbocycles. The van der Waals surface area contributed by atoms with Gasteiger partial charge in [0.15, 0.2) is 0 Å². The first-order valence-electron chi connectivity index (χ1n) is 7.22. The Hall–Kier alpha value is -2.07. The predicted molar refractivity (Wildman–Crippen MR) is 88.6 cm³/mol. The van der Waals surface area contributed by atoms with Crippen LogP contribution in [0.5, 0.6) is 5.75 Å². The zero-order chi connectivity index (χ0) is 16.0. The largest absolute Gasteiger partial charge is 0.379 e. The van der Waals surface area contributed by atoms with Crippen molar-refractivity contribution in [3.8, 4) is 5.75 Å². The van der Waals surface area contributed by atoms with Gasteiger partial charge in [-0.2, -0.15) is 8.42 Å². The van der Waals surface area contributed by atoms with Crippen molar-refractivity contribution in [1.82, 2.24) is 0 Å². The van der Waals surface area contributed by atoms with Gasteiger partial charge in [-0.25, -0.2) is 0 Å². The summed E-state index contributed by atoms with van der Waals surface area (Å²) < 4.78 is 29.5. The van der Waals surface area contributed by atoms with E-state index in [-0.39, 0.29) is 4.90 Å². The number of hydrogen-bond donors (Lipinski definition) is 0. The quantitative estimate of drug-likeness (QED) is 0.435. The van der Waals surface area contributed by atoms with Crippen LogP contribution in [0.25, 0.3) is 0 Å². The van der Waals surface area contributed by atoms with Gasteiger partial charge in [0.05, 0.1) is 0 Å². The van der Waals surface area contributed by atoms with Crippen molar-refractivity contribution in [3.63, 3.8) is 0 Å². The molecule has 22 heavy (non-hydrogen) atoms. The molecule has 0 heterocycles. The maximum Gasteiger partial charge on any atom is 0.339 e. The average molecular weight is 316 g/mol. The van der Waals surface area contributed by atoms with Gasteiger partial charge in [-0.1, -0.05) is 35.9 Å². The Kier molecular flexibility index (Phi) is 5.39. The molecule has 3 nitrogen and oxygen atoms in total. The van der Waals surface area contributed by atoms with Crippen LogP contribution in [0.1, 0.15) is 24.0 Å². The van der Waals surface area contributed by atoms with Crippen molar-refractivity contribution in [2.24, 2.45) is 0 Å². The van der Waals surface area contributed by atoms with Crippen molar-refractivity contribution in [1.29, 1.82) is 0 Å². The van der Waals surface area contributed by atoms with E-state index in [9.17, 15) is 8.42 Å². The van der Waals surface area contributed by atoms with Crippen LogP contribution in [0.3, 0.4) is 0 Å². The standard InChI is InChI=1S/C18H20O3S/c1-3-4-5-6-16-9-11-17(12-10-16)21-22(19,20)18-13-7-15(2)8-14-18/h3,7-14H,1,4-6H2,2H3. The summed E-state index contributed by atoms with van der Waals surface area (Å²) in [6.45, 7) is 5.60. The van der Waals surface area contributed by atoms with E-state index < -0.39 is 10.1 Å². The van der Waals surface area contributed by atoms with Crippen molar-refractivity contribution >= 4 is 10.1 Å². The lowest BCUT2D eigenvalue weighted by Gasteiger charge is -2.08. The van der Waals surface area contributed by atoms with Crippen LogP contribution in [-0.2, 0) is 16.5 Å². The van der Waals surface area contributed by atoms with Crippen molar-refractivity contribution in [2.45, 2.75) is 31.1 Å². The topological polar surface area (TPSA) is 43.4 Å². The second-order valence-electron chi connectivity index (χ2n) is 5.18. The number of aryl methyl sites for hydroxylation is 2. The molecule has 0 saturated heterocycles. The molecule has 0 aliphatic carbocycles. The number of rotatable bonds is 7. The molecule has 0 amide bonds. The fourth-order valence-electron chi connectivity index (χ4n) is 2.04. The van der Waals surface area contributed by atoms with Crippen molar-refractivity contribution in [3.05, 3.63) is 72.3 Å². The van der Waals surface area contributed by atoms with Gasteiger partial charge >= 0.3 is 10.1 Å². The van der Waals surface area contributed by atoms with Crippen LogP contribution in [-0.4, -0.2) is 8.42 Å². The van der Waals surface area contributed by atoms with Gasteiger partial charge < -0.3 is 4.18 Å². The molecule has 0 aromatic heterocycles. The van der Waals surface area contributed by atoms with Gasteiger partial charge in [0, 0.05) is 0 Å². The van der Waals surface area contributed by atoms with Crippen LogP contribution >= 0.6 is 0 Å². The third-order valence-corrected chi connectivity index (χ3v) is 4.57. The zero-order valence-electron chi connectivity index (χ0n) is 12.7. The van der Waals surface area contributed by atoms with Crippen molar-refractivity contribution < 1.29 is 12.6 Å². The van der Waals surface area contributed by atoms with Crippen molar-refractivity contribution in [2.75, 3.05) is 0 Å². The van der Waals surface area contributed by atoms with Crippen LogP contribution in [0.2, 0.25) is 0 Å². The fourth-order valence-corrected chi connectivity index (χ4v) is 2.97. The van der Waals surface area contributed by atoms with E-state index in [1.807, 2.05) is 25.1 Å². The number of benzene rings is 2. The van der Waals surface area contributed by atoms with Gasteiger partial charge in [0.2, 0.25) is 0 Å². The molecule has 0 spiro atoms. The molecule has 116 valence electrons. The normalized spacial score (nSPS) is 11.1. The van der Waals surface area contributed by atoms with Gasteiger partial charge in [0.25, 0.3) is 0 Å². The highest BCUT2D eigenvalue weighted by Crippen LogP contribution is 2.20. The minimum Gasteiger partial charge on any atom is -0.379 e. The Bertz CT molecular complexity index is 714. The van der Waals surface area contributed by atoms with E-state index >= 15 is 0 Å². The highest BCUT2D eigenvalue weighted by atomic mass is 32.2. The number of unbranched alkanes of at least 4 members (excludes halogenated alkanes) is 1. The minimum atomic E-state index is -3.78. The summed E-state index contributed by atoms with van der Waals surface area (Å²) in [5.74, 6) is 0.327. The van der Waals surface area contributed by atoms with Gasteiger partial charge in [0.1, 0.15) is 10.6 Å². The molecule has 2 aromatic carbocycles. The minimum absolute atomic E-state index is 0.160. The lowest BCUT2D eigenvalue weighted by atomic mass is 10.1. The van der Waals surface area contributed by atoms with E-state index in [1.165, 1.54) is 0 Å². The Morgan fingerprint density at radius 3 is 2.27 bits per heavy atom. The Labute approximate surface area is 132 Å². The third-order valence-electron chi connectivity index (χ3n) is 3.31. The molecule has 0 N–H and O–H groups in total. The predicted octanol–water partition coefficient (Wildman–Crippen LogP) is 4.27. The summed E-state index contributed by atoms with van der Waals surface area (Å²) in [5, 5.41) is 0.